The van der Waals surface area contributed by atoms with Crippen molar-refractivity contribution in [3.05, 3.63) is 25.5 Å². The van der Waals surface area contributed by atoms with Gasteiger partial charge in [-0.2, -0.15) is 5.10 Å². The number of amides is 1. The van der Waals surface area contributed by atoms with Crippen molar-refractivity contribution in [1.82, 2.24) is 15.1 Å². The van der Waals surface area contributed by atoms with Gasteiger partial charge in [0.25, 0.3) is 5.56 Å². The maximum Gasteiger partial charge on any atom is 0.282 e. The van der Waals surface area contributed by atoms with Gasteiger partial charge in [0, 0.05) is 6.54 Å². The van der Waals surface area contributed by atoms with Crippen LogP contribution >= 0.6 is 31.9 Å². The molecule has 1 amide bonds. The smallest absolute Gasteiger partial charge is 0.282 e. The summed E-state index contributed by atoms with van der Waals surface area (Å²) in [5.74, 6) is 0.155. The van der Waals surface area contributed by atoms with Crippen LogP contribution in [-0.2, 0) is 11.3 Å². The SMILES string of the molecule is CC(C)CNC(=O)Cn1ncc(Br)c(Br)c1=O. The number of hydrogen-bond acceptors (Lipinski definition) is 3. The zero-order valence-electron chi connectivity index (χ0n) is 9.54. The van der Waals surface area contributed by atoms with Crippen molar-refractivity contribution < 1.29 is 4.79 Å². The molecule has 17 heavy (non-hydrogen) atoms. The fourth-order valence-corrected chi connectivity index (χ4v) is 1.64. The summed E-state index contributed by atoms with van der Waals surface area (Å²) in [5, 5.41) is 6.60. The van der Waals surface area contributed by atoms with Gasteiger partial charge in [0.2, 0.25) is 5.91 Å². The van der Waals surface area contributed by atoms with Crippen LogP contribution in [0.4, 0.5) is 0 Å². The Morgan fingerprint density at radius 3 is 2.76 bits per heavy atom. The van der Waals surface area contributed by atoms with Crippen molar-refractivity contribution in [3.8, 4) is 0 Å². The van der Waals surface area contributed by atoms with Crippen molar-refractivity contribution in [2.75, 3.05) is 6.54 Å². The third-order valence-electron chi connectivity index (χ3n) is 1.94. The molecule has 0 aliphatic heterocycles. The number of hydrogen-bond donors (Lipinski definition) is 1. The number of halogens is 2. The molecular weight excluding hydrogens is 354 g/mol. The van der Waals surface area contributed by atoms with Crippen LogP contribution in [0.25, 0.3) is 0 Å². The Morgan fingerprint density at radius 1 is 1.53 bits per heavy atom. The number of nitrogens with zero attached hydrogens (tertiary/aromatic N) is 2. The van der Waals surface area contributed by atoms with Gasteiger partial charge in [-0.25, -0.2) is 4.68 Å². The Hall–Kier alpha value is -0.690. The fourth-order valence-electron chi connectivity index (χ4n) is 1.07. The van der Waals surface area contributed by atoms with E-state index >= 15 is 0 Å². The van der Waals surface area contributed by atoms with E-state index < -0.39 is 0 Å². The second-order valence-electron chi connectivity index (χ2n) is 3.97. The van der Waals surface area contributed by atoms with Gasteiger partial charge in [-0.05, 0) is 37.8 Å². The lowest BCUT2D eigenvalue weighted by Gasteiger charge is -2.08. The van der Waals surface area contributed by atoms with E-state index in [1.165, 1.54) is 6.20 Å². The van der Waals surface area contributed by atoms with E-state index in [0.29, 0.717) is 21.4 Å². The molecule has 1 heterocycles. The summed E-state index contributed by atoms with van der Waals surface area (Å²) in [6.45, 7) is 4.52. The third kappa shape index (κ3) is 4.23. The predicted octanol–water partition coefficient (Wildman–Crippen LogP) is 1.54. The first kappa shape index (κ1) is 14.4. The lowest BCUT2D eigenvalue weighted by molar-refractivity contribution is -0.122. The number of rotatable bonds is 4. The lowest BCUT2D eigenvalue weighted by atomic mass is 10.2. The zero-order chi connectivity index (χ0) is 13.0. The molecule has 7 heteroatoms. The average molecular weight is 367 g/mol. The summed E-state index contributed by atoms with van der Waals surface area (Å²) in [6.07, 6.45) is 1.47. The molecular formula is C10H13Br2N3O2. The van der Waals surface area contributed by atoms with Gasteiger partial charge in [-0.3, -0.25) is 9.59 Å². The van der Waals surface area contributed by atoms with Crippen LogP contribution in [0.5, 0.6) is 0 Å². The van der Waals surface area contributed by atoms with Gasteiger partial charge in [0.1, 0.15) is 11.0 Å². The van der Waals surface area contributed by atoms with Crippen LogP contribution in [-0.4, -0.2) is 22.2 Å². The standard InChI is InChI=1S/C10H13Br2N3O2/c1-6(2)3-13-8(16)5-15-10(17)9(12)7(11)4-14-15/h4,6H,3,5H2,1-2H3,(H,13,16). The van der Waals surface area contributed by atoms with E-state index in [9.17, 15) is 9.59 Å². The van der Waals surface area contributed by atoms with Gasteiger partial charge in [0.15, 0.2) is 0 Å². The minimum atomic E-state index is -0.334. The molecule has 0 saturated carbocycles. The molecule has 0 fully saturated rings. The van der Waals surface area contributed by atoms with Crippen LogP contribution < -0.4 is 10.9 Å². The fraction of sp³-hybridized carbons (Fsp3) is 0.500. The van der Waals surface area contributed by atoms with Gasteiger partial charge in [-0.1, -0.05) is 13.8 Å². The normalized spacial score (nSPS) is 10.6. The van der Waals surface area contributed by atoms with Crippen molar-refractivity contribution in [1.29, 1.82) is 0 Å². The molecule has 0 radical (unpaired) electrons. The predicted molar refractivity (Wildman–Crippen MR) is 71.7 cm³/mol. The number of carbonyl (C=O) groups excluding carboxylic acids is 1. The van der Waals surface area contributed by atoms with E-state index in [-0.39, 0.29) is 18.0 Å². The quantitative estimate of drug-likeness (QED) is 0.879. The largest absolute Gasteiger partial charge is 0.354 e. The zero-order valence-corrected chi connectivity index (χ0v) is 12.7. The second-order valence-corrected chi connectivity index (χ2v) is 5.61. The molecule has 0 spiro atoms. The first-order chi connectivity index (χ1) is 7.91. The van der Waals surface area contributed by atoms with Gasteiger partial charge in [-0.15, -0.1) is 0 Å². The van der Waals surface area contributed by atoms with Gasteiger partial charge < -0.3 is 5.32 Å². The Labute approximate surface area is 116 Å². The van der Waals surface area contributed by atoms with E-state index in [1.54, 1.807) is 0 Å². The molecule has 0 aromatic carbocycles. The van der Waals surface area contributed by atoms with Crippen molar-refractivity contribution in [3.63, 3.8) is 0 Å². The van der Waals surface area contributed by atoms with Crippen molar-refractivity contribution in [2.24, 2.45) is 5.92 Å². The Morgan fingerprint density at radius 2 is 2.18 bits per heavy atom. The third-order valence-corrected chi connectivity index (χ3v) is 3.84. The van der Waals surface area contributed by atoms with Gasteiger partial charge in [0.05, 0.1) is 10.7 Å². The second kappa shape index (κ2) is 6.30. The molecule has 0 aliphatic carbocycles. The highest BCUT2D eigenvalue weighted by atomic mass is 79.9. The van der Waals surface area contributed by atoms with Gasteiger partial charge >= 0.3 is 0 Å². The lowest BCUT2D eigenvalue weighted by Crippen LogP contribution is -2.35. The molecule has 0 bridgehead atoms. The first-order valence-electron chi connectivity index (χ1n) is 5.09. The molecule has 0 atom stereocenters. The maximum absolute atomic E-state index is 11.7. The molecule has 5 nitrogen and oxygen atoms in total. The van der Waals surface area contributed by atoms with Crippen LogP contribution in [0.1, 0.15) is 13.8 Å². The highest BCUT2D eigenvalue weighted by Gasteiger charge is 2.10. The Kier molecular flexibility index (Phi) is 5.32. The molecule has 0 unspecified atom stereocenters. The number of nitrogens with one attached hydrogen (secondary N) is 1. The number of carbonyl (C=O) groups is 1. The van der Waals surface area contributed by atoms with Crippen LogP contribution in [0.3, 0.4) is 0 Å². The molecule has 0 aliphatic rings. The summed E-state index contributed by atoms with van der Waals surface area (Å²) in [6, 6.07) is 0. The Balaban J connectivity index is 2.73. The maximum atomic E-state index is 11.7. The molecule has 1 aromatic rings. The van der Waals surface area contributed by atoms with Crippen molar-refractivity contribution >= 4 is 37.8 Å². The average Bonchev–Trinajstić information content (AvgIpc) is 2.27. The summed E-state index contributed by atoms with van der Waals surface area (Å²) in [5.41, 5.74) is -0.334. The summed E-state index contributed by atoms with van der Waals surface area (Å²) < 4.78 is 2.05. The summed E-state index contributed by atoms with van der Waals surface area (Å²) >= 11 is 6.30. The topological polar surface area (TPSA) is 64.0 Å². The highest BCUT2D eigenvalue weighted by Crippen LogP contribution is 2.16. The number of aromatic nitrogens is 2. The monoisotopic (exact) mass is 365 g/mol. The highest BCUT2D eigenvalue weighted by molar-refractivity contribution is 9.13. The van der Waals surface area contributed by atoms with E-state index in [0.717, 1.165) is 4.68 Å². The summed E-state index contributed by atoms with van der Waals surface area (Å²) in [4.78, 5) is 23.2. The minimum Gasteiger partial charge on any atom is -0.354 e. The summed E-state index contributed by atoms with van der Waals surface area (Å²) in [7, 11) is 0. The van der Waals surface area contributed by atoms with Crippen LogP contribution in [0, 0.1) is 5.92 Å². The van der Waals surface area contributed by atoms with E-state index in [4.69, 9.17) is 0 Å². The molecule has 1 N–H and O–H groups in total. The molecule has 0 saturated heterocycles. The van der Waals surface area contributed by atoms with E-state index in [1.807, 2.05) is 13.8 Å². The Bertz CT molecular complexity index is 471. The molecule has 94 valence electrons. The van der Waals surface area contributed by atoms with E-state index in [2.05, 4.69) is 42.3 Å². The van der Waals surface area contributed by atoms with Crippen LogP contribution in [0.2, 0.25) is 0 Å². The minimum absolute atomic E-state index is 0.0720. The van der Waals surface area contributed by atoms with Crippen LogP contribution in [0.15, 0.2) is 19.9 Å². The first-order valence-corrected chi connectivity index (χ1v) is 6.68. The molecule has 1 aromatic heterocycles. The molecule has 1 rings (SSSR count). The van der Waals surface area contributed by atoms with Crippen molar-refractivity contribution in [2.45, 2.75) is 20.4 Å².